The fourth-order valence-electron chi connectivity index (χ4n) is 6.39. The zero-order valence-corrected chi connectivity index (χ0v) is 29.7. The molecule has 0 radical (unpaired) electrons. The number of benzene rings is 2. The number of aromatic nitrogens is 3. The maximum Gasteiger partial charge on any atom is 0.416 e. The predicted octanol–water partition coefficient (Wildman–Crippen LogP) is 3.51. The molecule has 2 aliphatic rings. The number of alkyl halides is 3. The van der Waals surface area contributed by atoms with E-state index in [0.717, 1.165) is 6.07 Å². The van der Waals surface area contributed by atoms with Gasteiger partial charge in [0.2, 0.25) is 11.8 Å². The molecule has 284 valence electrons. The number of nitrogens with one attached hydrogen (secondary N) is 3. The number of nitrogens with zero attached hydrogens (tertiary/aromatic N) is 4. The van der Waals surface area contributed by atoms with Crippen LogP contribution in [0.15, 0.2) is 67.1 Å². The molecule has 1 atom stereocenters. The molecule has 0 saturated heterocycles. The van der Waals surface area contributed by atoms with Gasteiger partial charge in [-0.1, -0.05) is 30.3 Å². The molecule has 16 heteroatoms. The van der Waals surface area contributed by atoms with E-state index in [1.807, 2.05) is 7.05 Å². The van der Waals surface area contributed by atoms with Crippen molar-refractivity contribution < 1.29 is 41.8 Å². The van der Waals surface area contributed by atoms with Crippen LogP contribution < -0.4 is 20.7 Å². The summed E-state index contributed by atoms with van der Waals surface area (Å²) in [6, 6.07) is 11.8. The van der Waals surface area contributed by atoms with Crippen molar-refractivity contribution in [3.8, 4) is 5.75 Å². The third kappa shape index (κ3) is 9.94. The molecule has 2 aromatic carbocycles. The summed E-state index contributed by atoms with van der Waals surface area (Å²) in [5, 5.41) is 12.7. The lowest BCUT2D eigenvalue weighted by atomic mass is 9.77. The van der Waals surface area contributed by atoms with Crippen LogP contribution in [0.25, 0.3) is 5.65 Å². The SMILES string of the molecule is COCCC1(C(=O)NCc2ccccc2C(F)(F)F)CNC(=O)CCCN(C(=O)c2cnn3ccn(C)c23)CCCNC(=O)COc2ccc(cc2)C1. The minimum atomic E-state index is -4.61. The lowest BCUT2D eigenvalue weighted by Crippen LogP contribution is -2.50. The second-order valence-electron chi connectivity index (χ2n) is 13.1. The molecule has 2 aliphatic heterocycles. The van der Waals surface area contributed by atoms with Crippen LogP contribution >= 0.6 is 0 Å². The Balaban J connectivity index is 1.38. The van der Waals surface area contributed by atoms with Gasteiger partial charge in [-0.05, 0) is 55.0 Å². The largest absolute Gasteiger partial charge is 0.484 e. The Morgan fingerprint density at radius 2 is 1.77 bits per heavy atom. The summed E-state index contributed by atoms with van der Waals surface area (Å²) < 4.78 is 55.6. The molecular formula is C37H44F3N7O6. The Kier molecular flexibility index (Phi) is 12.8. The van der Waals surface area contributed by atoms with Crippen LogP contribution in [0.5, 0.6) is 5.75 Å². The van der Waals surface area contributed by atoms with E-state index in [0.29, 0.717) is 48.5 Å². The second-order valence-corrected chi connectivity index (χ2v) is 13.1. The molecule has 4 heterocycles. The highest BCUT2D eigenvalue weighted by atomic mass is 19.4. The number of aryl methyl sites for hydroxylation is 1. The van der Waals surface area contributed by atoms with Crippen LogP contribution in [0.3, 0.4) is 0 Å². The minimum absolute atomic E-state index is 0.0288. The second kappa shape index (κ2) is 17.4. The van der Waals surface area contributed by atoms with Crippen LogP contribution in [0, 0.1) is 5.41 Å². The Bertz CT molecular complexity index is 1890. The highest BCUT2D eigenvalue weighted by Crippen LogP contribution is 2.33. The Morgan fingerprint density at radius 3 is 2.53 bits per heavy atom. The van der Waals surface area contributed by atoms with Gasteiger partial charge in [0, 0.05) is 72.3 Å². The van der Waals surface area contributed by atoms with Gasteiger partial charge < -0.3 is 34.9 Å². The van der Waals surface area contributed by atoms with Gasteiger partial charge in [-0.3, -0.25) is 19.2 Å². The van der Waals surface area contributed by atoms with E-state index in [1.165, 1.54) is 31.5 Å². The first-order valence-corrected chi connectivity index (χ1v) is 17.4. The number of carbonyl (C=O) groups excluding carboxylic acids is 4. The van der Waals surface area contributed by atoms with Crippen molar-refractivity contribution in [2.24, 2.45) is 12.5 Å². The van der Waals surface area contributed by atoms with Gasteiger partial charge >= 0.3 is 6.18 Å². The average molecular weight is 740 g/mol. The molecule has 4 aromatic rings. The highest BCUT2D eigenvalue weighted by Gasteiger charge is 2.39. The molecule has 0 saturated carbocycles. The predicted molar refractivity (Wildman–Crippen MR) is 188 cm³/mol. The first-order chi connectivity index (χ1) is 25.4. The van der Waals surface area contributed by atoms with Gasteiger partial charge in [-0.15, -0.1) is 0 Å². The summed E-state index contributed by atoms with van der Waals surface area (Å²) in [4.78, 5) is 55.4. The van der Waals surface area contributed by atoms with E-state index in [1.54, 1.807) is 50.6 Å². The summed E-state index contributed by atoms with van der Waals surface area (Å²) in [5.74, 6) is -1.13. The van der Waals surface area contributed by atoms with Crippen molar-refractivity contribution in [3.05, 3.63) is 89.4 Å². The molecule has 2 aromatic heterocycles. The van der Waals surface area contributed by atoms with Crippen molar-refractivity contribution in [3.63, 3.8) is 0 Å². The smallest absolute Gasteiger partial charge is 0.416 e. The molecule has 13 nitrogen and oxygen atoms in total. The third-order valence-corrected chi connectivity index (χ3v) is 9.30. The average Bonchev–Trinajstić information content (AvgIpc) is 3.74. The number of rotatable bonds is 7. The number of imidazole rings is 1. The molecule has 2 bridgehead atoms. The Hall–Kier alpha value is -5.38. The molecule has 0 spiro atoms. The number of carbonyl (C=O) groups is 4. The molecule has 6 rings (SSSR count). The molecule has 4 amide bonds. The normalized spacial score (nSPS) is 18.2. The maximum atomic E-state index is 14.1. The number of hydrogen-bond acceptors (Lipinski definition) is 7. The van der Waals surface area contributed by atoms with Gasteiger partial charge in [0.15, 0.2) is 6.61 Å². The van der Waals surface area contributed by atoms with Crippen LogP contribution in [0.4, 0.5) is 13.2 Å². The monoisotopic (exact) mass is 739 g/mol. The van der Waals surface area contributed by atoms with Crippen molar-refractivity contribution in [1.82, 2.24) is 35.0 Å². The fourth-order valence-corrected chi connectivity index (χ4v) is 6.39. The van der Waals surface area contributed by atoms with Gasteiger partial charge in [0.1, 0.15) is 17.0 Å². The lowest BCUT2D eigenvalue weighted by molar-refractivity contribution is -0.139. The molecule has 53 heavy (non-hydrogen) atoms. The summed E-state index contributed by atoms with van der Waals surface area (Å²) in [7, 11) is 3.28. The van der Waals surface area contributed by atoms with Crippen LogP contribution in [0.1, 0.15) is 52.7 Å². The van der Waals surface area contributed by atoms with E-state index in [-0.39, 0.29) is 75.4 Å². The van der Waals surface area contributed by atoms with E-state index in [4.69, 9.17) is 9.47 Å². The topological polar surface area (TPSA) is 148 Å². The van der Waals surface area contributed by atoms with Gasteiger partial charge in [-0.2, -0.15) is 18.3 Å². The van der Waals surface area contributed by atoms with Crippen molar-refractivity contribution in [1.29, 1.82) is 0 Å². The summed E-state index contributed by atoms with van der Waals surface area (Å²) in [6.07, 6.45) is 1.41. The minimum Gasteiger partial charge on any atom is -0.484 e. The third-order valence-electron chi connectivity index (χ3n) is 9.30. The van der Waals surface area contributed by atoms with Gasteiger partial charge in [0.05, 0.1) is 17.2 Å². The molecule has 0 fully saturated rings. The standard InChI is InChI=1S/C37H44F3N7O6/c1-45-18-19-47-33(45)29(23-44-47)34(50)46-16-5-9-31(48)43-25-36(14-20-52-2,35(51)42-22-27-7-3-4-8-30(27)37(38,39)40)21-26-10-12-28(13-11-26)53-24-32(49)41-15-6-17-46/h3-4,7-8,10-13,18-19,23H,5-6,9,14-17,20-22,24-25H2,1-2H3,(H,41,49)(H,42,51)(H,43,48). The van der Waals surface area contributed by atoms with E-state index in [2.05, 4.69) is 21.0 Å². The first-order valence-electron chi connectivity index (χ1n) is 17.4. The highest BCUT2D eigenvalue weighted by molar-refractivity contribution is 5.99. The Labute approximate surface area is 304 Å². The fraction of sp³-hybridized carbons (Fsp3) is 0.432. The number of amides is 4. The first kappa shape index (κ1) is 38.8. The van der Waals surface area contributed by atoms with E-state index >= 15 is 0 Å². The molecule has 0 aliphatic carbocycles. The van der Waals surface area contributed by atoms with Crippen molar-refractivity contribution in [2.45, 2.75) is 44.8 Å². The van der Waals surface area contributed by atoms with Crippen LogP contribution in [0.2, 0.25) is 0 Å². The van der Waals surface area contributed by atoms with Gasteiger partial charge in [0.25, 0.3) is 11.8 Å². The van der Waals surface area contributed by atoms with E-state index < -0.39 is 23.1 Å². The molecular weight excluding hydrogens is 695 g/mol. The van der Waals surface area contributed by atoms with Crippen LogP contribution in [-0.2, 0) is 45.3 Å². The quantitative estimate of drug-likeness (QED) is 0.263. The zero-order valence-electron chi connectivity index (χ0n) is 29.7. The van der Waals surface area contributed by atoms with Gasteiger partial charge in [-0.25, -0.2) is 4.52 Å². The number of hydrogen-bond donors (Lipinski definition) is 3. The van der Waals surface area contributed by atoms with Crippen molar-refractivity contribution in [2.75, 3.05) is 46.5 Å². The van der Waals surface area contributed by atoms with Crippen LogP contribution in [-0.4, -0.2) is 89.2 Å². The molecule has 3 N–H and O–H groups in total. The lowest BCUT2D eigenvalue weighted by Gasteiger charge is -2.33. The number of methoxy groups -OCH3 is 1. The summed E-state index contributed by atoms with van der Waals surface area (Å²) in [6.45, 7) is 0.182. The van der Waals surface area contributed by atoms with Crippen molar-refractivity contribution >= 4 is 29.3 Å². The Morgan fingerprint density at radius 1 is 1.02 bits per heavy atom. The summed E-state index contributed by atoms with van der Waals surface area (Å²) in [5.41, 5.74) is -0.577. The zero-order chi connectivity index (χ0) is 38.0. The maximum absolute atomic E-state index is 14.1. The number of fused-ring (bicyclic) bond motifs is 18. The number of ether oxygens (including phenoxy) is 2. The van der Waals surface area contributed by atoms with E-state index in [9.17, 15) is 32.3 Å². The molecule has 1 unspecified atom stereocenters. The number of halogens is 3. The summed E-state index contributed by atoms with van der Waals surface area (Å²) >= 11 is 0.